The minimum absolute atomic E-state index is 0.0460. The molecule has 1 spiro atoms. The second kappa shape index (κ2) is 9.51. The van der Waals surface area contributed by atoms with E-state index in [4.69, 9.17) is 23.8 Å². The van der Waals surface area contributed by atoms with Crippen LogP contribution in [0.5, 0.6) is 0 Å². The molecule has 2 aliphatic heterocycles. The van der Waals surface area contributed by atoms with Crippen molar-refractivity contribution < 1.29 is 26.5 Å². The van der Waals surface area contributed by atoms with Crippen molar-refractivity contribution in [1.82, 2.24) is 9.13 Å². The molecule has 0 bridgehead atoms. The first kappa shape index (κ1) is 28.8. The van der Waals surface area contributed by atoms with Crippen LogP contribution in [-0.4, -0.2) is 56.9 Å². The van der Waals surface area contributed by atoms with E-state index >= 15 is 0 Å². The molecule has 13 heteroatoms. The fourth-order valence-electron chi connectivity index (χ4n) is 4.15. The SMILES string of the molecule is Cc1cn([C@@H]2O[C@H](COCC(C)C)C3(OS(=O)(=O)C=C3N)[C@H]2O[Si](C)(C)C(C)(C)C)c(=O)n(C)c1=O. The lowest BCUT2D eigenvalue weighted by Crippen LogP contribution is -2.58. The minimum Gasteiger partial charge on any atom is -0.406 e. The van der Waals surface area contributed by atoms with Gasteiger partial charge in [0.25, 0.3) is 15.7 Å². The molecular weight excluding hydrogens is 506 g/mol. The van der Waals surface area contributed by atoms with Gasteiger partial charge in [0.2, 0.25) is 0 Å². The highest BCUT2D eigenvalue weighted by Crippen LogP contribution is 2.51. The predicted octanol–water partition coefficient (Wildman–Crippen LogP) is 1.71. The molecule has 1 fully saturated rings. The van der Waals surface area contributed by atoms with Gasteiger partial charge in [-0.2, -0.15) is 8.42 Å². The van der Waals surface area contributed by atoms with E-state index in [-0.39, 0.29) is 23.3 Å². The maximum atomic E-state index is 13.2. The van der Waals surface area contributed by atoms with Crippen LogP contribution in [0.2, 0.25) is 18.1 Å². The normalized spacial score (nSPS) is 28.3. The van der Waals surface area contributed by atoms with Gasteiger partial charge in [-0.05, 0) is 31.0 Å². The number of rotatable bonds is 7. The zero-order valence-electron chi connectivity index (χ0n) is 22.5. The largest absolute Gasteiger partial charge is 0.406 e. The van der Waals surface area contributed by atoms with E-state index < -0.39 is 53.7 Å². The van der Waals surface area contributed by atoms with Crippen LogP contribution in [0.25, 0.3) is 0 Å². The third-order valence-corrected chi connectivity index (χ3v) is 12.7. The van der Waals surface area contributed by atoms with E-state index in [1.165, 1.54) is 17.8 Å². The van der Waals surface area contributed by atoms with E-state index in [0.717, 1.165) is 9.98 Å². The van der Waals surface area contributed by atoms with Gasteiger partial charge in [0.05, 0.1) is 17.7 Å². The molecule has 3 rings (SSSR count). The number of hydrogen-bond acceptors (Lipinski definition) is 9. The molecule has 1 aromatic rings. The summed E-state index contributed by atoms with van der Waals surface area (Å²) in [5.41, 5.74) is 3.76. The van der Waals surface area contributed by atoms with Crippen molar-refractivity contribution in [1.29, 1.82) is 0 Å². The molecule has 0 aliphatic carbocycles. The predicted molar refractivity (Wildman–Crippen MR) is 137 cm³/mol. The molecule has 0 aromatic carbocycles. The van der Waals surface area contributed by atoms with E-state index in [2.05, 4.69) is 0 Å². The fourth-order valence-corrected chi connectivity index (χ4v) is 6.66. The van der Waals surface area contributed by atoms with Crippen molar-refractivity contribution in [3.8, 4) is 0 Å². The Balaban J connectivity index is 2.24. The number of ether oxygens (including phenoxy) is 2. The molecule has 0 amide bonds. The lowest BCUT2D eigenvalue weighted by atomic mass is 9.89. The summed E-state index contributed by atoms with van der Waals surface area (Å²) >= 11 is 0. The highest BCUT2D eigenvalue weighted by molar-refractivity contribution is 7.90. The van der Waals surface area contributed by atoms with Crippen LogP contribution in [0, 0.1) is 12.8 Å². The van der Waals surface area contributed by atoms with Crippen molar-refractivity contribution in [3.05, 3.63) is 43.7 Å². The number of nitrogens with zero attached hydrogens (tertiary/aromatic N) is 2. The zero-order valence-corrected chi connectivity index (χ0v) is 24.3. The molecule has 0 radical (unpaired) electrons. The van der Waals surface area contributed by atoms with Crippen molar-refractivity contribution in [3.63, 3.8) is 0 Å². The molecule has 36 heavy (non-hydrogen) atoms. The lowest BCUT2D eigenvalue weighted by molar-refractivity contribution is -0.0781. The van der Waals surface area contributed by atoms with Crippen LogP contribution < -0.4 is 17.0 Å². The number of aromatic nitrogens is 2. The molecule has 1 aromatic heterocycles. The lowest BCUT2D eigenvalue weighted by Gasteiger charge is -2.43. The Morgan fingerprint density at radius 3 is 2.36 bits per heavy atom. The van der Waals surface area contributed by atoms with Gasteiger partial charge >= 0.3 is 5.69 Å². The average Bonchev–Trinajstić information content (AvgIpc) is 3.14. The maximum Gasteiger partial charge on any atom is 0.332 e. The molecule has 3 heterocycles. The first-order chi connectivity index (χ1) is 16.3. The van der Waals surface area contributed by atoms with Gasteiger partial charge in [-0.25, -0.2) is 8.98 Å². The van der Waals surface area contributed by atoms with Gasteiger partial charge in [0.15, 0.2) is 20.1 Å². The van der Waals surface area contributed by atoms with E-state index in [9.17, 15) is 18.0 Å². The Morgan fingerprint density at radius 2 is 1.86 bits per heavy atom. The Bertz CT molecular complexity index is 1260. The molecule has 204 valence electrons. The van der Waals surface area contributed by atoms with Gasteiger partial charge in [-0.3, -0.25) is 13.9 Å². The molecule has 1 saturated heterocycles. The highest BCUT2D eigenvalue weighted by Gasteiger charge is 2.67. The molecule has 0 saturated carbocycles. The quantitative estimate of drug-likeness (QED) is 0.400. The summed E-state index contributed by atoms with van der Waals surface area (Å²) in [5, 5.41) is 0.594. The standard InChI is InChI=1S/C23H39N3O8SSi/c1-14(2)11-31-12-17-23(16(24)13-35(29,30)34-23)18(33-36(8,9)22(4,5)6)20(32-17)26-10-15(3)19(27)25(7)21(26)28/h10,13-14,17-18,20H,11-12,24H2,1-9H3/t17-,18+,20-,23?/m1/s1. The Hall–Kier alpha value is -1.77. The van der Waals surface area contributed by atoms with Gasteiger partial charge < -0.3 is 19.6 Å². The van der Waals surface area contributed by atoms with Gasteiger partial charge in [0, 0.05) is 25.4 Å². The smallest absolute Gasteiger partial charge is 0.332 e. The summed E-state index contributed by atoms with van der Waals surface area (Å²) in [7, 11) is -5.39. The average molecular weight is 546 g/mol. The molecular formula is C23H39N3O8SSi. The third kappa shape index (κ3) is 5.01. The van der Waals surface area contributed by atoms with E-state index in [0.29, 0.717) is 12.2 Å². The van der Waals surface area contributed by atoms with Crippen LogP contribution in [0.4, 0.5) is 0 Å². The number of hydrogen-bond donors (Lipinski definition) is 1. The first-order valence-corrected chi connectivity index (χ1v) is 16.3. The third-order valence-electron chi connectivity index (χ3n) is 7.15. The summed E-state index contributed by atoms with van der Waals surface area (Å²) < 4.78 is 52.2. The Morgan fingerprint density at radius 1 is 1.25 bits per heavy atom. The maximum absolute atomic E-state index is 13.2. The Kier molecular flexibility index (Phi) is 7.61. The number of nitrogens with two attached hydrogens (primary N) is 1. The van der Waals surface area contributed by atoms with Crippen LogP contribution in [-0.2, 0) is 35.2 Å². The molecule has 2 N–H and O–H groups in total. The summed E-state index contributed by atoms with van der Waals surface area (Å²) in [6.45, 7) is 16.0. The van der Waals surface area contributed by atoms with Crippen LogP contribution in [0.1, 0.15) is 46.4 Å². The first-order valence-electron chi connectivity index (χ1n) is 12.0. The van der Waals surface area contributed by atoms with Crippen molar-refractivity contribution in [2.45, 2.75) is 83.7 Å². The topological polar surface area (TPSA) is 141 Å². The van der Waals surface area contributed by atoms with Gasteiger partial charge in [-0.1, -0.05) is 34.6 Å². The molecule has 1 unspecified atom stereocenters. The summed E-state index contributed by atoms with van der Waals surface area (Å²) in [6, 6.07) is 0. The monoisotopic (exact) mass is 545 g/mol. The summed E-state index contributed by atoms with van der Waals surface area (Å²) in [4.78, 5) is 25.6. The Labute approximate surface area is 213 Å². The number of aryl methyl sites for hydroxylation is 1. The van der Waals surface area contributed by atoms with E-state index in [1.807, 2.05) is 47.7 Å². The van der Waals surface area contributed by atoms with Crippen molar-refractivity contribution in [2.24, 2.45) is 18.7 Å². The summed E-state index contributed by atoms with van der Waals surface area (Å²) in [5.74, 6) is 0.215. The molecule has 11 nitrogen and oxygen atoms in total. The second-order valence-corrected chi connectivity index (χ2v) is 17.7. The minimum atomic E-state index is -4.15. The zero-order chi connectivity index (χ0) is 27.4. The highest BCUT2D eigenvalue weighted by atomic mass is 32.2. The van der Waals surface area contributed by atoms with Crippen LogP contribution >= 0.6 is 0 Å². The molecule has 2 aliphatic rings. The van der Waals surface area contributed by atoms with Gasteiger partial charge in [-0.15, -0.1) is 0 Å². The van der Waals surface area contributed by atoms with Gasteiger partial charge in [0.1, 0.15) is 12.2 Å². The fraction of sp³-hybridized carbons (Fsp3) is 0.739. The van der Waals surface area contributed by atoms with Crippen molar-refractivity contribution >= 4 is 18.4 Å². The molecule has 4 atom stereocenters. The van der Waals surface area contributed by atoms with Crippen LogP contribution in [0.15, 0.2) is 26.9 Å². The van der Waals surface area contributed by atoms with Crippen molar-refractivity contribution in [2.75, 3.05) is 13.2 Å². The van der Waals surface area contributed by atoms with Crippen LogP contribution in [0.3, 0.4) is 0 Å². The summed E-state index contributed by atoms with van der Waals surface area (Å²) in [6.07, 6.45) is -1.86. The second-order valence-electron chi connectivity index (χ2n) is 11.6. The van der Waals surface area contributed by atoms with E-state index in [1.54, 1.807) is 6.92 Å².